The fourth-order valence-electron chi connectivity index (χ4n) is 3.91. The number of nitrogens with zero attached hydrogens (tertiary/aromatic N) is 4. The van der Waals surface area contributed by atoms with Crippen LogP contribution in [-0.4, -0.2) is 26.4 Å². The third kappa shape index (κ3) is 5.01. The van der Waals surface area contributed by atoms with Crippen LogP contribution in [0, 0.1) is 17.2 Å². The van der Waals surface area contributed by atoms with Crippen molar-refractivity contribution in [1.29, 1.82) is 5.26 Å². The Morgan fingerprint density at radius 1 is 1.38 bits per heavy atom. The molecule has 1 aliphatic rings. The summed E-state index contributed by atoms with van der Waals surface area (Å²) in [4.78, 5) is 13.9. The number of anilines is 1. The van der Waals surface area contributed by atoms with Crippen LogP contribution in [0.25, 0.3) is 0 Å². The molecular weight excluding hydrogens is 462 g/mol. The summed E-state index contributed by atoms with van der Waals surface area (Å²) in [6.45, 7) is 4.98. The maximum absolute atomic E-state index is 12.7. The highest BCUT2D eigenvalue weighted by atomic mass is 35.5. The second-order valence-corrected chi connectivity index (χ2v) is 10.4. The molecule has 166 valence electrons. The Kier molecular flexibility index (Phi) is 7.19. The molecule has 1 amide bonds. The molecule has 9 heteroatoms. The Labute approximate surface area is 201 Å². The van der Waals surface area contributed by atoms with Crippen molar-refractivity contribution in [3.05, 3.63) is 56.7 Å². The van der Waals surface area contributed by atoms with E-state index < -0.39 is 0 Å². The third-order valence-corrected chi connectivity index (χ3v) is 7.98. The zero-order valence-corrected chi connectivity index (χ0v) is 20.4. The lowest BCUT2D eigenvalue weighted by molar-refractivity contribution is -0.113. The first-order valence-electron chi connectivity index (χ1n) is 10.6. The molecule has 2 heterocycles. The lowest BCUT2D eigenvalue weighted by Gasteiger charge is -2.17. The number of nitriles is 1. The van der Waals surface area contributed by atoms with Crippen LogP contribution < -0.4 is 5.32 Å². The van der Waals surface area contributed by atoms with E-state index in [4.69, 9.17) is 11.6 Å². The molecule has 0 aliphatic heterocycles. The smallest absolute Gasteiger partial charge is 0.235 e. The van der Waals surface area contributed by atoms with Crippen molar-refractivity contribution in [2.75, 3.05) is 11.1 Å². The summed E-state index contributed by atoms with van der Waals surface area (Å²) in [6, 6.07) is 9.98. The van der Waals surface area contributed by atoms with E-state index in [0.29, 0.717) is 39.6 Å². The Morgan fingerprint density at radius 2 is 2.16 bits per heavy atom. The lowest BCUT2D eigenvalue weighted by atomic mass is 9.89. The molecule has 4 rings (SSSR count). The van der Waals surface area contributed by atoms with Gasteiger partial charge >= 0.3 is 0 Å². The second-order valence-electron chi connectivity index (χ2n) is 7.95. The fourth-order valence-corrected chi connectivity index (χ4v) is 6.23. The van der Waals surface area contributed by atoms with Gasteiger partial charge in [0.2, 0.25) is 5.91 Å². The molecule has 3 aromatic rings. The average molecular weight is 486 g/mol. The monoisotopic (exact) mass is 485 g/mol. The molecule has 0 fully saturated rings. The van der Waals surface area contributed by atoms with E-state index in [1.807, 2.05) is 35.8 Å². The standard InChI is InChI=1S/C23H24ClN5OS2/c1-3-29-20(11-15-5-7-16(24)8-6-15)27-28-23(29)31-13-21(30)26-22-18(12-25)17-9-4-14(2)10-19(17)32-22/h5-8,14H,3-4,9-11,13H2,1-2H3,(H,26,30). The molecule has 1 N–H and O–H groups in total. The maximum Gasteiger partial charge on any atom is 0.235 e. The first-order chi connectivity index (χ1) is 15.5. The summed E-state index contributed by atoms with van der Waals surface area (Å²) >= 11 is 8.88. The number of carbonyl (C=O) groups excluding carboxylic acids is 1. The second kappa shape index (κ2) is 10.1. The number of rotatable bonds is 7. The summed E-state index contributed by atoms with van der Waals surface area (Å²) < 4.78 is 2.03. The SMILES string of the molecule is CCn1c(Cc2ccc(Cl)cc2)nnc1SCC(=O)Nc1sc2c(c1C#N)CCC(C)C2. The third-order valence-electron chi connectivity index (χ3n) is 5.59. The summed E-state index contributed by atoms with van der Waals surface area (Å²) in [5.41, 5.74) is 2.86. The van der Waals surface area contributed by atoms with Gasteiger partial charge in [0, 0.05) is 22.9 Å². The van der Waals surface area contributed by atoms with Gasteiger partial charge in [0.15, 0.2) is 5.16 Å². The number of nitrogens with one attached hydrogen (secondary N) is 1. The highest BCUT2D eigenvalue weighted by molar-refractivity contribution is 7.99. The number of carbonyl (C=O) groups is 1. The molecule has 0 saturated carbocycles. The van der Waals surface area contributed by atoms with Crippen LogP contribution in [0.5, 0.6) is 0 Å². The zero-order valence-electron chi connectivity index (χ0n) is 18.0. The van der Waals surface area contributed by atoms with Crippen LogP contribution in [0.4, 0.5) is 5.00 Å². The highest BCUT2D eigenvalue weighted by Crippen LogP contribution is 2.39. The van der Waals surface area contributed by atoms with Crippen molar-refractivity contribution in [3.8, 4) is 6.07 Å². The molecule has 0 saturated heterocycles. The molecule has 0 spiro atoms. The van der Waals surface area contributed by atoms with Crippen molar-refractivity contribution in [2.24, 2.45) is 5.92 Å². The molecule has 1 unspecified atom stereocenters. The average Bonchev–Trinajstić information content (AvgIpc) is 3.32. The minimum atomic E-state index is -0.136. The van der Waals surface area contributed by atoms with E-state index in [1.165, 1.54) is 16.6 Å². The number of fused-ring (bicyclic) bond motifs is 1. The maximum atomic E-state index is 12.7. The van der Waals surface area contributed by atoms with Gasteiger partial charge in [-0.05, 0) is 55.4 Å². The number of hydrogen-bond acceptors (Lipinski definition) is 6. The van der Waals surface area contributed by atoms with Crippen molar-refractivity contribution in [3.63, 3.8) is 0 Å². The van der Waals surface area contributed by atoms with Gasteiger partial charge in [0.05, 0.1) is 11.3 Å². The summed E-state index contributed by atoms with van der Waals surface area (Å²) in [5.74, 6) is 1.55. The Balaban J connectivity index is 1.41. The quantitative estimate of drug-likeness (QED) is 0.457. The van der Waals surface area contributed by atoms with Gasteiger partial charge in [-0.15, -0.1) is 21.5 Å². The number of hydrogen-bond donors (Lipinski definition) is 1. The van der Waals surface area contributed by atoms with Crippen LogP contribution in [0.3, 0.4) is 0 Å². The number of amides is 1. The molecule has 2 aromatic heterocycles. The van der Waals surface area contributed by atoms with Gasteiger partial charge in [0.1, 0.15) is 16.9 Å². The van der Waals surface area contributed by atoms with Crippen LogP contribution in [0.15, 0.2) is 29.4 Å². The number of thioether (sulfide) groups is 1. The predicted octanol–water partition coefficient (Wildman–Crippen LogP) is 5.33. The Bertz CT molecular complexity index is 1160. The molecule has 0 bridgehead atoms. The molecule has 1 atom stereocenters. The summed E-state index contributed by atoms with van der Waals surface area (Å²) in [5, 5.41) is 23.3. The van der Waals surface area contributed by atoms with Gasteiger partial charge in [-0.1, -0.05) is 42.4 Å². The topological polar surface area (TPSA) is 83.6 Å². The van der Waals surface area contributed by atoms with Crippen LogP contribution >= 0.6 is 34.7 Å². The number of benzene rings is 1. The van der Waals surface area contributed by atoms with Crippen LogP contribution in [0.1, 0.15) is 47.7 Å². The van der Waals surface area contributed by atoms with Crippen molar-refractivity contribution >= 4 is 45.6 Å². The van der Waals surface area contributed by atoms with Gasteiger partial charge in [-0.25, -0.2) is 0 Å². The molecule has 1 aliphatic carbocycles. The van der Waals surface area contributed by atoms with Gasteiger partial charge in [-0.3, -0.25) is 4.79 Å². The zero-order chi connectivity index (χ0) is 22.7. The van der Waals surface area contributed by atoms with Crippen molar-refractivity contribution in [1.82, 2.24) is 14.8 Å². The summed E-state index contributed by atoms with van der Waals surface area (Å²) in [7, 11) is 0. The molecule has 1 aromatic carbocycles. The van der Waals surface area contributed by atoms with E-state index in [2.05, 4.69) is 28.5 Å². The van der Waals surface area contributed by atoms with E-state index in [1.54, 1.807) is 11.3 Å². The molecular formula is C23H24ClN5OS2. The summed E-state index contributed by atoms with van der Waals surface area (Å²) in [6.07, 6.45) is 3.63. The molecule has 6 nitrogen and oxygen atoms in total. The number of halogens is 1. The first-order valence-corrected chi connectivity index (χ1v) is 12.8. The van der Waals surface area contributed by atoms with Crippen molar-refractivity contribution < 1.29 is 4.79 Å². The van der Waals surface area contributed by atoms with Gasteiger partial charge < -0.3 is 9.88 Å². The number of thiophene rings is 1. The van der Waals surface area contributed by atoms with E-state index in [-0.39, 0.29) is 11.7 Å². The van der Waals surface area contributed by atoms with E-state index in [0.717, 1.165) is 36.2 Å². The number of aromatic nitrogens is 3. The lowest BCUT2D eigenvalue weighted by Crippen LogP contribution is -2.15. The van der Waals surface area contributed by atoms with E-state index in [9.17, 15) is 10.1 Å². The Morgan fingerprint density at radius 3 is 2.88 bits per heavy atom. The molecule has 0 radical (unpaired) electrons. The fraction of sp³-hybridized carbons (Fsp3) is 0.391. The Hall–Kier alpha value is -2.34. The predicted molar refractivity (Wildman–Crippen MR) is 130 cm³/mol. The largest absolute Gasteiger partial charge is 0.316 e. The van der Waals surface area contributed by atoms with Crippen LogP contribution in [0.2, 0.25) is 5.02 Å². The molecule has 32 heavy (non-hydrogen) atoms. The first kappa shape index (κ1) is 22.8. The minimum Gasteiger partial charge on any atom is -0.316 e. The van der Waals surface area contributed by atoms with Gasteiger partial charge in [0.25, 0.3) is 0 Å². The minimum absolute atomic E-state index is 0.136. The van der Waals surface area contributed by atoms with Crippen molar-refractivity contribution in [2.45, 2.75) is 51.2 Å². The van der Waals surface area contributed by atoms with Crippen LogP contribution in [-0.2, 0) is 30.6 Å². The normalized spacial score (nSPS) is 15.2. The highest BCUT2D eigenvalue weighted by Gasteiger charge is 2.25. The van der Waals surface area contributed by atoms with E-state index >= 15 is 0 Å². The van der Waals surface area contributed by atoms with Gasteiger partial charge in [-0.2, -0.15) is 5.26 Å².